The second kappa shape index (κ2) is 10.2. The topological polar surface area (TPSA) is 93.7 Å². The number of hydrogen-bond acceptors (Lipinski definition) is 7. The first-order chi connectivity index (χ1) is 14.8. The highest BCUT2D eigenvalue weighted by Crippen LogP contribution is 2.27. The molecule has 31 heavy (non-hydrogen) atoms. The number of carbonyl (C=O) groups excluding carboxylic acids is 3. The molecule has 1 saturated heterocycles. The van der Waals surface area contributed by atoms with Crippen molar-refractivity contribution in [2.45, 2.75) is 26.6 Å². The van der Waals surface area contributed by atoms with Crippen molar-refractivity contribution in [1.29, 1.82) is 0 Å². The van der Waals surface area contributed by atoms with Crippen molar-refractivity contribution >= 4 is 57.8 Å². The largest absolute Gasteiger partial charge is 0.489 e. The fraction of sp³-hybridized carbons (Fsp3) is 0.182. The molecule has 0 unspecified atom stereocenters. The van der Waals surface area contributed by atoms with Gasteiger partial charge in [-0.15, -0.1) is 0 Å². The van der Waals surface area contributed by atoms with Crippen molar-refractivity contribution < 1.29 is 23.9 Å². The summed E-state index contributed by atoms with van der Waals surface area (Å²) in [5.41, 5.74) is 1.94. The molecular weight excluding hydrogens is 436 g/mol. The number of anilines is 1. The number of carbonyl (C=O) groups is 3. The third-order valence-corrected chi connectivity index (χ3v) is 5.15. The number of para-hydroxylation sites is 1. The SMILES string of the molecule is CC(C)OC(=O)C(=O)Nc1ccccc1COc1cccc(/C=C2\SC(=S)NC2=O)c1. The van der Waals surface area contributed by atoms with Crippen LogP contribution in [0.3, 0.4) is 0 Å². The summed E-state index contributed by atoms with van der Waals surface area (Å²) in [6.07, 6.45) is 1.35. The molecule has 0 radical (unpaired) electrons. The van der Waals surface area contributed by atoms with Crippen molar-refractivity contribution in [3.63, 3.8) is 0 Å². The molecule has 9 heteroatoms. The van der Waals surface area contributed by atoms with Gasteiger partial charge in [-0.3, -0.25) is 9.59 Å². The summed E-state index contributed by atoms with van der Waals surface area (Å²) in [7, 11) is 0. The maximum absolute atomic E-state index is 12.1. The summed E-state index contributed by atoms with van der Waals surface area (Å²) in [5.74, 6) is -1.43. The predicted molar refractivity (Wildman–Crippen MR) is 123 cm³/mol. The molecule has 0 aromatic heterocycles. The number of esters is 1. The number of thioether (sulfide) groups is 1. The van der Waals surface area contributed by atoms with E-state index in [4.69, 9.17) is 21.7 Å². The number of benzene rings is 2. The molecule has 1 aliphatic rings. The molecule has 0 spiro atoms. The van der Waals surface area contributed by atoms with Gasteiger partial charge in [0.05, 0.1) is 11.0 Å². The number of amides is 2. The smallest absolute Gasteiger partial charge is 0.397 e. The molecule has 2 amide bonds. The first-order valence-electron chi connectivity index (χ1n) is 9.39. The maximum atomic E-state index is 12.1. The van der Waals surface area contributed by atoms with Gasteiger partial charge in [-0.05, 0) is 43.7 Å². The van der Waals surface area contributed by atoms with Crippen LogP contribution in [0.5, 0.6) is 5.75 Å². The Morgan fingerprint density at radius 3 is 2.68 bits per heavy atom. The second-order valence-corrected chi connectivity index (χ2v) is 8.50. The molecule has 160 valence electrons. The number of thiocarbonyl (C=S) groups is 1. The molecule has 1 heterocycles. The van der Waals surface area contributed by atoms with E-state index in [1.807, 2.05) is 12.1 Å². The van der Waals surface area contributed by atoms with Crippen LogP contribution in [-0.4, -0.2) is 28.2 Å². The third-order valence-electron chi connectivity index (χ3n) is 3.99. The Morgan fingerprint density at radius 2 is 1.97 bits per heavy atom. The fourth-order valence-electron chi connectivity index (χ4n) is 2.64. The zero-order valence-electron chi connectivity index (χ0n) is 16.8. The maximum Gasteiger partial charge on any atom is 0.397 e. The minimum absolute atomic E-state index is 0.162. The molecule has 2 aromatic rings. The molecule has 0 bridgehead atoms. The number of ether oxygens (including phenoxy) is 2. The first kappa shape index (κ1) is 22.5. The van der Waals surface area contributed by atoms with Crippen LogP contribution < -0.4 is 15.4 Å². The number of hydrogen-bond donors (Lipinski definition) is 2. The Labute approximate surface area is 189 Å². The summed E-state index contributed by atoms with van der Waals surface area (Å²) in [6.45, 7) is 3.50. The van der Waals surface area contributed by atoms with Crippen molar-refractivity contribution in [3.8, 4) is 5.75 Å². The van der Waals surface area contributed by atoms with Crippen molar-refractivity contribution in [2.24, 2.45) is 0 Å². The van der Waals surface area contributed by atoms with Crippen molar-refractivity contribution in [3.05, 3.63) is 64.6 Å². The molecule has 2 N–H and O–H groups in total. The summed E-state index contributed by atoms with van der Waals surface area (Å²) in [6, 6.07) is 14.3. The van der Waals surface area contributed by atoms with Gasteiger partial charge in [0.2, 0.25) is 0 Å². The Hall–Kier alpha value is -3.17. The summed E-state index contributed by atoms with van der Waals surface area (Å²) < 4.78 is 11.2. The minimum atomic E-state index is -0.945. The third kappa shape index (κ3) is 6.40. The average molecular weight is 457 g/mol. The highest BCUT2D eigenvalue weighted by atomic mass is 32.2. The normalized spacial score (nSPS) is 14.5. The predicted octanol–water partition coefficient (Wildman–Crippen LogP) is 3.64. The van der Waals surface area contributed by atoms with Crippen LogP contribution in [0.25, 0.3) is 6.08 Å². The van der Waals surface area contributed by atoms with Crippen LogP contribution in [-0.2, 0) is 25.7 Å². The fourth-order valence-corrected chi connectivity index (χ4v) is 3.68. The van der Waals surface area contributed by atoms with E-state index < -0.39 is 11.9 Å². The van der Waals surface area contributed by atoms with Gasteiger partial charge < -0.3 is 20.1 Å². The van der Waals surface area contributed by atoms with Gasteiger partial charge in [0.15, 0.2) is 0 Å². The zero-order chi connectivity index (χ0) is 22.4. The van der Waals surface area contributed by atoms with E-state index in [1.54, 1.807) is 56.3 Å². The van der Waals surface area contributed by atoms with Gasteiger partial charge in [-0.2, -0.15) is 0 Å². The first-order valence-corrected chi connectivity index (χ1v) is 10.6. The molecule has 1 fully saturated rings. The molecule has 0 atom stereocenters. The van der Waals surface area contributed by atoms with E-state index in [1.165, 1.54) is 11.8 Å². The Kier molecular flexibility index (Phi) is 7.43. The van der Waals surface area contributed by atoms with Gasteiger partial charge in [0.1, 0.15) is 16.7 Å². The minimum Gasteiger partial charge on any atom is -0.489 e. The van der Waals surface area contributed by atoms with Gasteiger partial charge >= 0.3 is 11.9 Å². The van der Waals surface area contributed by atoms with Gasteiger partial charge in [0, 0.05) is 11.3 Å². The van der Waals surface area contributed by atoms with Crippen LogP contribution >= 0.6 is 24.0 Å². The summed E-state index contributed by atoms with van der Waals surface area (Å²) in [4.78, 5) is 36.2. The molecule has 1 aliphatic heterocycles. The van der Waals surface area contributed by atoms with Crippen molar-refractivity contribution in [2.75, 3.05) is 5.32 Å². The highest BCUT2D eigenvalue weighted by molar-refractivity contribution is 8.26. The summed E-state index contributed by atoms with van der Waals surface area (Å²) in [5, 5.41) is 5.14. The van der Waals surface area contributed by atoms with Crippen LogP contribution in [0.15, 0.2) is 53.4 Å². The van der Waals surface area contributed by atoms with Gasteiger partial charge in [-0.1, -0.05) is 54.3 Å². The summed E-state index contributed by atoms with van der Waals surface area (Å²) >= 11 is 6.21. The quantitative estimate of drug-likeness (QED) is 0.297. The molecule has 3 rings (SSSR count). The van der Waals surface area contributed by atoms with Crippen LogP contribution in [0.1, 0.15) is 25.0 Å². The standard InChI is InChI=1S/C22H20N2O5S2/c1-13(2)29-21(27)20(26)23-17-9-4-3-7-15(17)12-28-16-8-5-6-14(10-16)11-18-19(25)24-22(30)31-18/h3-11,13H,12H2,1-2H3,(H,23,26)(H,24,25,30)/b18-11-. The average Bonchev–Trinajstić information content (AvgIpc) is 3.03. The Bertz CT molecular complexity index is 1070. The Balaban J connectivity index is 1.68. The van der Waals surface area contributed by atoms with Gasteiger partial charge in [0.25, 0.3) is 5.91 Å². The van der Waals surface area contributed by atoms with Gasteiger partial charge in [-0.25, -0.2) is 4.79 Å². The lowest BCUT2D eigenvalue weighted by Crippen LogP contribution is -2.27. The zero-order valence-corrected chi connectivity index (χ0v) is 18.5. The van der Waals surface area contributed by atoms with Crippen LogP contribution in [0.4, 0.5) is 5.69 Å². The van der Waals surface area contributed by atoms with E-state index in [0.29, 0.717) is 26.2 Å². The van der Waals surface area contributed by atoms with E-state index in [-0.39, 0.29) is 18.6 Å². The molecular formula is C22H20N2O5S2. The lowest BCUT2D eigenvalue weighted by atomic mass is 10.1. The van der Waals surface area contributed by atoms with Crippen LogP contribution in [0, 0.1) is 0 Å². The monoisotopic (exact) mass is 456 g/mol. The van der Waals surface area contributed by atoms with E-state index >= 15 is 0 Å². The second-order valence-electron chi connectivity index (χ2n) is 6.78. The van der Waals surface area contributed by atoms with E-state index in [0.717, 1.165) is 5.56 Å². The van der Waals surface area contributed by atoms with Crippen molar-refractivity contribution in [1.82, 2.24) is 5.32 Å². The molecule has 0 saturated carbocycles. The van der Waals surface area contributed by atoms with Crippen LogP contribution in [0.2, 0.25) is 0 Å². The molecule has 7 nitrogen and oxygen atoms in total. The molecule has 2 aromatic carbocycles. The Morgan fingerprint density at radius 1 is 1.19 bits per heavy atom. The lowest BCUT2D eigenvalue weighted by Gasteiger charge is -2.13. The molecule has 0 aliphatic carbocycles. The number of rotatable bonds is 6. The van der Waals surface area contributed by atoms with E-state index in [9.17, 15) is 14.4 Å². The highest BCUT2D eigenvalue weighted by Gasteiger charge is 2.22. The van der Waals surface area contributed by atoms with E-state index in [2.05, 4.69) is 10.6 Å². The number of nitrogens with one attached hydrogen (secondary N) is 2. The lowest BCUT2D eigenvalue weighted by molar-refractivity contribution is -0.155.